The SMILES string of the molecule is CCC(N)C(c1ccc(Br)s1)N(C)C1CCCCC1O. The maximum atomic E-state index is 10.3. The van der Waals surface area contributed by atoms with Crippen molar-refractivity contribution in [3.63, 3.8) is 0 Å². The fraction of sp³-hybridized carbons (Fsp3) is 0.733. The first kappa shape index (κ1) is 16.4. The lowest BCUT2D eigenvalue weighted by molar-refractivity contribution is 0.00720. The number of hydrogen-bond acceptors (Lipinski definition) is 4. The van der Waals surface area contributed by atoms with Gasteiger partial charge >= 0.3 is 0 Å². The van der Waals surface area contributed by atoms with Crippen molar-refractivity contribution in [3.05, 3.63) is 20.8 Å². The van der Waals surface area contributed by atoms with Crippen LogP contribution >= 0.6 is 27.3 Å². The lowest BCUT2D eigenvalue weighted by Gasteiger charge is -2.41. The summed E-state index contributed by atoms with van der Waals surface area (Å²) in [5, 5.41) is 10.3. The normalized spacial score (nSPS) is 26.7. The Kier molecular flexibility index (Phi) is 6.05. The number of rotatable bonds is 5. The molecule has 1 saturated carbocycles. The van der Waals surface area contributed by atoms with Crippen LogP contribution in [0.25, 0.3) is 0 Å². The number of thiophene rings is 1. The predicted molar refractivity (Wildman–Crippen MR) is 89.1 cm³/mol. The van der Waals surface area contributed by atoms with E-state index in [9.17, 15) is 5.11 Å². The van der Waals surface area contributed by atoms with E-state index in [1.165, 1.54) is 11.3 Å². The van der Waals surface area contributed by atoms with Crippen molar-refractivity contribution in [1.82, 2.24) is 4.90 Å². The van der Waals surface area contributed by atoms with Crippen LogP contribution in [0.5, 0.6) is 0 Å². The average molecular weight is 361 g/mol. The third-order valence-corrected chi connectivity index (χ3v) is 6.11. The molecular formula is C15H25BrN2OS. The Morgan fingerprint density at radius 3 is 2.70 bits per heavy atom. The van der Waals surface area contributed by atoms with E-state index in [1.54, 1.807) is 11.3 Å². The molecule has 0 saturated heterocycles. The highest BCUT2D eigenvalue weighted by atomic mass is 79.9. The zero-order valence-electron chi connectivity index (χ0n) is 12.3. The average Bonchev–Trinajstić information content (AvgIpc) is 2.85. The van der Waals surface area contributed by atoms with Gasteiger partial charge in [0.2, 0.25) is 0 Å². The Labute approximate surface area is 134 Å². The number of aliphatic hydroxyl groups excluding tert-OH is 1. The van der Waals surface area contributed by atoms with E-state index in [0.717, 1.165) is 29.5 Å². The van der Waals surface area contributed by atoms with Gasteiger partial charge in [-0.05, 0) is 54.4 Å². The van der Waals surface area contributed by atoms with Gasteiger partial charge in [-0.2, -0.15) is 0 Å². The molecule has 0 aromatic carbocycles. The first-order chi connectivity index (χ1) is 9.54. The molecular weight excluding hydrogens is 336 g/mol. The van der Waals surface area contributed by atoms with Crippen LogP contribution < -0.4 is 5.73 Å². The highest BCUT2D eigenvalue weighted by Gasteiger charge is 2.34. The molecule has 1 aromatic rings. The van der Waals surface area contributed by atoms with E-state index in [0.29, 0.717) is 0 Å². The fourth-order valence-electron chi connectivity index (χ4n) is 3.20. The molecule has 0 radical (unpaired) electrons. The van der Waals surface area contributed by atoms with Gasteiger partial charge in [0, 0.05) is 17.0 Å². The summed E-state index contributed by atoms with van der Waals surface area (Å²) in [5.74, 6) is 0. The van der Waals surface area contributed by atoms with Gasteiger partial charge in [-0.1, -0.05) is 19.8 Å². The Morgan fingerprint density at radius 2 is 2.15 bits per heavy atom. The van der Waals surface area contributed by atoms with Crippen LogP contribution in [-0.2, 0) is 0 Å². The summed E-state index contributed by atoms with van der Waals surface area (Å²) in [6.07, 6.45) is 5.04. The van der Waals surface area contributed by atoms with E-state index in [-0.39, 0.29) is 24.2 Å². The number of likely N-dealkylation sites (N-methyl/N-ethyl adjacent to an activating group) is 1. The molecule has 4 atom stereocenters. The fourth-order valence-corrected chi connectivity index (χ4v) is 4.85. The molecule has 0 spiro atoms. The topological polar surface area (TPSA) is 49.5 Å². The Balaban J connectivity index is 2.21. The smallest absolute Gasteiger partial charge is 0.0702 e. The molecule has 3 nitrogen and oxygen atoms in total. The largest absolute Gasteiger partial charge is 0.391 e. The summed E-state index contributed by atoms with van der Waals surface area (Å²) in [5.41, 5.74) is 6.38. The van der Waals surface area contributed by atoms with Crippen LogP contribution in [-0.4, -0.2) is 35.2 Å². The van der Waals surface area contributed by atoms with Crippen LogP contribution in [0.15, 0.2) is 15.9 Å². The monoisotopic (exact) mass is 360 g/mol. The summed E-state index contributed by atoms with van der Waals surface area (Å²) in [6.45, 7) is 2.13. The van der Waals surface area contributed by atoms with Gasteiger partial charge in [-0.3, -0.25) is 4.90 Å². The van der Waals surface area contributed by atoms with Gasteiger partial charge in [-0.15, -0.1) is 11.3 Å². The summed E-state index contributed by atoms with van der Waals surface area (Å²) < 4.78 is 1.14. The quantitative estimate of drug-likeness (QED) is 0.844. The second-order valence-electron chi connectivity index (χ2n) is 5.74. The molecule has 4 unspecified atom stereocenters. The summed E-state index contributed by atoms with van der Waals surface area (Å²) in [4.78, 5) is 3.60. The van der Waals surface area contributed by atoms with Crippen molar-refractivity contribution in [2.24, 2.45) is 5.73 Å². The Hall–Kier alpha value is 0.0600. The third kappa shape index (κ3) is 3.63. The first-order valence-electron chi connectivity index (χ1n) is 7.45. The van der Waals surface area contributed by atoms with E-state index < -0.39 is 0 Å². The van der Waals surface area contributed by atoms with Crippen molar-refractivity contribution >= 4 is 27.3 Å². The van der Waals surface area contributed by atoms with Crippen LogP contribution in [0.3, 0.4) is 0 Å². The number of halogens is 1. The number of hydrogen-bond donors (Lipinski definition) is 2. The minimum atomic E-state index is -0.219. The standard InChI is InChI=1S/C15H25BrN2OS/c1-3-10(17)15(13-8-9-14(16)20-13)18(2)11-6-4-5-7-12(11)19/h8-12,15,19H,3-7,17H2,1-2H3. The minimum absolute atomic E-state index is 0.0969. The molecule has 114 valence electrons. The molecule has 1 aliphatic rings. The molecule has 1 heterocycles. The van der Waals surface area contributed by atoms with Crippen LogP contribution in [0.2, 0.25) is 0 Å². The van der Waals surface area contributed by atoms with Crippen molar-refractivity contribution in [3.8, 4) is 0 Å². The second kappa shape index (κ2) is 7.36. The third-order valence-electron chi connectivity index (χ3n) is 4.42. The minimum Gasteiger partial charge on any atom is -0.391 e. The van der Waals surface area contributed by atoms with E-state index in [1.807, 2.05) is 0 Å². The highest BCUT2D eigenvalue weighted by molar-refractivity contribution is 9.11. The zero-order valence-corrected chi connectivity index (χ0v) is 14.7. The van der Waals surface area contributed by atoms with Gasteiger partial charge in [0.15, 0.2) is 0 Å². The van der Waals surface area contributed by atoms with E-state index in [2.05, 4.69) is 46.9 Å². The van der Waals surface area contributed by atoms with E-state index >= 15 is 0 Å². The summed E-state index contributed by atoms with van der Waals surface area (Å²) in [7, 11) is 2.12. The molecule has 3 N–H and O–H groups in total. The van der Waals surface area contributed by atoms with E-state index in [4.69, 9.17) is 5.73 Å². The van der Waals surface area contributed by atoms with Gasteiger partial charge in [0.1, 0.15) is 0 Å². The van der Waals surface area contributed by atoms with Gasteiger partial charge in [-0.25, -0.2) is 0 Å². The lowest BCUT2D eigenvalue weighted by Crippen LogP contribution is -2.49. The zero-order chi connectivity index (χ0) is 14.7. The Bertz CT molecular complexity index is 426. The maximum absolute atomic E-state index is 10.3. The molecule has 0 bridgehead atoms. The molecule has 5 heteroatoms. The molecule has 1 aliphatic carbocycles. The van der Waals surface area contributed by atoms with Crippen molar-refractivity contribution in [2.45, 2.75) is 63.3 Å². The Morgan fingerprint density at radius 1 is 1.45 bits per heavy atom. The molecule has 2 rings (SSSR count). The van der Waals surface area contributed by atoms with Gasteiger partial charge in [0.05, 0.1) is 15.9 Å². The van der Waals surface area contributed by atoms with Crippen LogP contribution in [0.1, 0.15) is 49.9 Å². The first-order valence-corrected chi connectivity index (χ1v) is 9.06. The van der Waals surface area contributed by atoms with Gasteiger partial charge in [0.25, 0.3) is 0 Å². The van der Waals surface area contributed by atoms with Crippen LogP contribution in [0.4, 0.5) is 0 Å². The van der Waals surface area contributed by atoms with Gasteiger partial charge < -0.3 is 10.8 Å². The highest BCUT2D eigenvalue weighted by Crippen LogP contribution is 2.36. The predicted octanol–water partition coefficient (Wildman–Crippen LogP) is 3.52. The van der Waals surface area contributed by atoms with Crippen LogP contribution in [0, 0.1) is 0 Å². The number of aliphatic hydroxyl groups is 1. The van der Waals surface area contributed by atoms with Crippen molar-refractivity contribution in [2.75, 3.05) is 7.05 Å². The summed E-state index contributed by atoms with van der Waals surface area (Å²) in [6, 6.07) is 4.75. The van der Waals surface area contributed by atoms with Crippen molar-refractivity contribution < 1.29 is 5.11 Å². The molecule has 0 amide bonds. The molecule has 1 fully saturated rings. The number of nitrogens with zero attached hydrogens (tertiary/aromatic N) is 1. The van der Waals surface area contributed by atoms with Crippen molar-refractivity contribution in [1.29, 1.82) is 0 Å². The molecule has 1 aromatic heterocycles. The lowest BCUT2D eigenvalue weighted by atomic mass is 9.89. The maximum Gasteiger partial charge on any atom is 0.0702 e. The number of nitrogens with two attached hydrogens (primary N) is 1. The molecule has 20 heavy (non-hydrogen) atoms. The molecule has 0 aliphatic heterocycles. The second-order valence-corrected chi connectivity index (χ2v) is 8.24. The summed E-state index contributed by atoms with van der Waals surface area (Å²) >= 11 is 5.28.